The van der Waals surface area contributed by atoms with Crippen LogP contribution in [0.1, 0.15) is 97.3 Å². The van der Waals surface area contributed by atoms with Crippen molar-refractivity contribution in [3.8, 4) is 0 Å². The van der Waals surface area contributed by atoms with Crippen LogP contribution in [0.15, 0.2) is 11.1 Å². The van der Waals surface area contributed by atoms with E-state index in [2.05, 4.69) is 6.92 Å². The van der Waals surface area contributed by atoms with Gasteiger partial charge in [0.05, 0.1) is 14.2 Å². The van der Waals surface area contributed by atoms with Crippen LogP contribution in [0.25, 0.3) is 0 Å². The van der Waals surface area contributed by atoms with Crippen molar-refractivity contribution in [2.24, 2.45) is 0 Å². The Morgan fingerprint density at radius 1 is 0.640 bits per heavy atom. The number of methoxy groups -OCH3 is 2. The molecule has 25 heavy (non-hydrogen) atoms. The molecule has 0 fully saturated rings. The van der Waals surface area contributed by atoms with Crippen LogP contribution in [-0.2, 0) is 19.1 Å². The Labute approximate surface area is 154 Å². The molecule has 0 aromatic heterocycles. The highest BCUT2D eigenvalue weighted by molar-refractivity contribution is 5.99. The molecular weight excluding hydrogens is 316 g/mol. The highest BCUT2D eigenvalue weighted by Gasteiger charge is 2.18. The van der Waals surface area contributed by atoms with Gasteiger partial charge in [0.1, 0.15) is 0 Å². The molecule has 146 valence electrons. The van der Waals surface area contributed by atoms with Crippen LogP contribution in [0, 0.1) is 0 Å². The number of esters is 2. The lowest BCUT2D eigenvalue weighted by Crippen LogP contribution is -2.13. The zero-order chi connectivity index (χ0) is 18.9. The second-order valence-corrected chi connectivity index (χ2v) is 6.73. The van der Waals surface area contributed by atoms with E-state index >= 15 is 0 Å². The SMILES string of the molecule is CCCCCCCCCCCCCC/C(C(=O)OC)=C(/C)C(=O)OC. The van der Waals surface area contributed by atoms with Crippen molar-refractivity contribution >= 4 is 11.9 Å². The standard InChI is InChI=1S/C21H38O4/c1-5-6-7-8-9-10-11-12-13-14-15-16-17-19(21(23)25-4)18(2)20(22)24-3/h5-17H2,1-4H3/b19-18+. The minimum Gasteiger partial charge on any atom is -0.466 e. The molecule has 0 aromatic rings. The molecule has 0 aliphatic heterocycles. The van der Waals surface area contributed by atoms with Crippen LogP contribution in [0.2, 0.25) is 0 Å². The van der Waals surface area contributed by atoms with Gasteiger partial charge in [0.25, 0.3) is 0 Å². The number of ether oxygens (including phenoxy) is 2. The molecule has 0 rings (SSSR count). The third-order valence-corrected chi connectivity index (χ3v) is 4.66. The van der Waals surface area contributed by atoms with E-state index in [9.17, 15) is 9.59 Å². The number of hydrogen-bond acceptors (Lipinski definition) is 4. The molecule has 4 nitrogen and oxygen atoms in total. The molecule has 0 unspecified atom stereocenters. The summed E-state index contributed by atoms with van der Waals surface area (Å²) in [4.78, 5) is 23.4. The number of rotatable bonds is 15. The molecule has 0 heterocycles. The van der Waals surface area contributed by atoms with Gasteiger partial charge in [-0.1, -0.05) is 77.6 Å². The molecule has 0 atom stereocenters. The molecule has 0 saturated carbocycles. The molecule has 0 aromatic carbocycles. The van der Waals surface area contributed by atoms with Crippen molar-refractivity contribution in [3.63, 3.8) is 0 Å². The topological polar surface area (TPSA) is 52.6 Å². The zero-order valence-corrected chi connectivity index (χ0v) is 16.8. The summed E-state index contributed by atoms with van der Waals surface area (Å²) in [6.45, 7) is 3.87. The van der Waals surface area contributed by atoms with E-state index in [0.29, 0.717) is 17.6 Å². The molecule has 0 saturated heterocycles. The van der Waals surface area contributed by atoms with Crippen LogP contribution < -0.4 is 0 Å². The molecule has 0 aliphatic carbocycles. The molecule has 0 spiro atoms. The van der Waals surface area contributed by atoms with Gasteiger partial charge >= 0.3 is 11.9 Å². The van der Waals surface area contributed by atoms with E-state index < -0.39 is 11.9 Å². The third-order valence-electron chi connectivity index (χ3n) is 4.66. The summed E-state index contributed by atoms with van der Waals surface area (Å²) in [5.74, 6) is -0.884. The monoisotopic (exact) mass is 354 g/mol. The molecule has 0 radical (unpaired) electrons. The first-order chi connectivity index (χ1) is 12.1. The fraction of sp³-hybridized carbons (Fsp3) is 0.810. The Morgan fingerprint density at radius 2 is 1.04 bits per heavy atom. The second kappa shape index (κ2) is 16.2. The summed E-state index contributed by atoms with van der Waals surface area (Å²) in [5.41, 5.74) is 0.804. The Bertz CT molecular complexity index is 399. The predicted molar refractivity (Wildman–Crippen MR) is 102 cm³/mol. The molecule has 4 heteroatoms. The smallest absolute Gasteiger partial charge is 0.334 e. The summed E-state index contributed by atoms with van der Waals surface area (Å²) in [6, 6.07) is 0. The van der Waals surface area contributed by atoms with Crippen LogP contribution in [-0.4, -0.2) is 26.2 Å². The number of unbranched alkanes of at least 4 members (excludes halogenated alkanes) is 11. The van der Waals surface area contributed by atoms with Gasteiger partial charge < -0.3 is 9.47 Å². The summed E-state index contributed by atoms with van der Waals surface area (Å²) in [5, 5.41) is 0. The quantitative estimate of drug-likeness (QED) is 0.214. The summed E-state index contributed by atoms with van der Waals surface area (Å²) < 4.78 is 9.48. The van der Waals surface area contributed by atoms with Gasteiger partial charge in [-0.15, -0.1) is 0 Å². The summed E-state index contributed by atoms with van der Waals surface area (Å²) in [6.07, 6.45) is 15.8. The van der Waals surface area contributed by atoms with Gasteiger partial charge in [0.2, 0.25) is 0 Å². The summed E-state index contributed by atoms with van der Waals surface area (Å²) >= 11 is 0. The maximum atomic E-state index is 11.8. The van der Waals surface area contributed by atoms with Crippen molar-refractivity contribution in [1.29, 1.82) is 0 Å². The van der Waals surface area contributed by atoms with Crippen LogP contribution in [0.4, 0.5) is 0 Å². The molecular formula is C21H38O4. The van der Waals surface area contributed by atoms with Gasteiger partial charge in [-0.3, -0.25) is 0 Å². The van der Waals surface area contributed by atoms with Gasteiger partial charge in [0.15, 0.2) is 0 Å². The zero-order valence-electron chi connectivity index (χ0n) is 16.8. The third kappa shape index (κ3) is 11.8. The maximum Gasteiger partial charge on any atom is 0.334 e. The van der Waals surface area contributed by atoms with E-state index in [1.54, 1.807) is 6.92 Å². The van der Waals surface area contributed by atoms with E-state index in [0.717, 1.165) is 12.8 Å². The minimum atomic E-state index is -0.459. The Kier molecular flexibility index (Phi) is 15.3. The van der Waals surface area contributed by atoms with Crippen molar-refractivity contribution in [2.45, 2.75) is 97.3 Å². The molecule has 0 N–H and O–H groups in total. The van der Waals surface area contributed by atoms with Crippen molar-refractivity contribution in [1.82, 2.24) is 0 Å². The lowest BCUT2D eigenvalue weighted by atomic mass is 10.0. The van der Waals surface area contributed by atoms with E-state index in [4.69, 9.17) is 9.47 Å². The Hall–Kier alpha value is -1.32. The average Bonchev–Trinajstić information content (AvgIpc) is 2.63. The number of hydrogen-bond donors (Lipinski definition) is 0. The predicted octanol–water partition coefficient (Wildman–Crippen LogP) is 5.74. The average molecular weight is 355 g/mol. The van der Waals surface area contributed by atoms with Gasteiger partial charge in [-0.2, -0.15) is 0 Å². The maximum absolute atomic E-state index is 11.8. The van der Waals surface area contributed by atoms with Crippen LogP contribution in [0.5, 0.6) is 0 Å². The second-order valence-electron chi connectivity index (χ2n) is 6.73. The first kappa shape index (κ1) is 23.7. The van der Waals surface area contributed by atoms with Crippen molar-refractivity contribution in [3.05, 3.63) is 11.1 Å². The number of carbonyl (C=O) groups excluding carboxylic acids is 2. The van der Waals surface area contributed by atoms with Crippen LogP contribution >= 0.6 is 0 Å². The fourth-order valence-corrected chi connectivity index (χ4v) is 2.98. The van der Waals surface area contributed by atoms with E-state index in [-0.39, 0.29) is 0 Å². The van der Waals surface area contributed by atoms with E-state index in [1.165, 1.54) is 78.4 Å². The first-order valence-electron chi connectivity index (χ1n) is 9.94. The Morgan fingerprint density at radius 3 is 1.44 bits per heavy atom. The normalized spacial score (nSPS) is 11.8. The molecule has 0 aliphatic rings. The first-order valence-corrected chi connectivity index (χ1v) is 9.94. The molecule has 0 amide bonds. The largest absolute Gasteiger partial charge is 0.466 e. The Balaban J connectivity index is 3.83. The van der Waals surface area contributed by atoms with E-state index in [1.807, 2.05) is 0 Å². The summed E-state index contributed by atoms with van der Waals surface area (Å²) in [7, 11) is 2.67. The fourth-order valence-electron chi connectivity index (χ4n) is 2.98. The highest BCUT2D eigenvalue weighted by Crippen LogP contribution is 2.18. The van der Waals surface area contributed by atoms with Crippen molar-refractivity contribution < 1.29 is 19.1 Å². The van der Waals surface area contributed by atoms with Crippen molar-refractivity contribution in [2.75, 3.05) is 14.2 Å². The minimum absolute atomic E-state index is 0.359. The molecule has 0 bridgehead atoms. The lowest BCUT2D eigenvalue weighted by Gasteiger charge is -2.09. The number of carbonyl (C=O) groups is 2. The van der Waals surface area contributed by atoms with Gasteiger partial charge in [-0.25, -0.2) is 9.59 Å². The highest BCUT2D eigenvalue weighted by atomic mass is 16.5. The lowest BCUT2D eigenvalue weighted by molar-refractivity contribution is -0.139. The van der Waals surface area contributed by atoms with Crippen LogP contribution in [0.3, 0.4) is 0 Å². The van der Waals surface area contributed by atoms with Gasteiger partial charge in [0, 0.05) is 11.1 Å². The van der Waals surface area contributed by atoms with Gasteiger partial charge in [-0.05, 0) is 19.8 Å².